The fraction of sp³-hybridized carbons (Fsp3) is 0.231. The van der Waals surface area contributed by atoms with E-state index >= 15 is 0 Å². The highest BCUT2D eigenvalue weighted by Crippen LogP contribution is 2.24. The molecule has 1 aromatic carbocycles. The molecule has 0 saturated carbocycles. The number of thiocarbonyl (C=S) groups is 1. The van der Waals surface area contributed by atoms with E-state index in [1.807, 2.05) is 19.9 Å². The van der Waals surface area contributed by atoms with Crippen LogP contribution in [0.25, 0.3) is 0 Å². The van der Waals surface area contributed by atoms with E-state index < -0.39 is 0 Å². The maximum absolute atomic E-state index is 12.4. The first-order valence-corrected chi connectivity index (χ1v) is 8.10. The van der Waals surface area contributed by atoms with Gasteiger partial charge in [-0.1, -0.05) is 46.5 Å². The molecule has 1 heterocycles. The second-order valence-corrected chi connectivity index (χ2v) is 6.76. The van der Waals surface area contributed by atoms with Crippen molar-refractivity contribution in [2.24, 2.45) is 5.73 Å². The number of nitrogens with zero attached hydrogens (tertiary/aromatic N) is 2. The maximum Gasteiger partial charge on any atom is 0.269 e. The largest absolute Gasteiger partial charge is 0.389 e. The van der Waals surface area contributed by atoms with Gasteiger partial charge in [-0.25, -0.2) is 0 Å². The van der Waals surface area contributed by atoms with E-state index in [9.17, 15) is 4.79 Å². The van der Waals surface area contributed by atoms with Crippen LogP contribution in [0.4, 0.5) is 5.69 Å². The van der Waals surface area contributed by atoms with Crippen LogP contribution in [-0.4, -0.2) is 20.5 Å². The summed E-state index contributed by atoms with van der Waals surface area (Å²) in [6, 6.07) is 5.33. The van der Waals surface area contributed by atoms with Crippen LogP contribution in [0, 0.1) is 0 Å². The first-order valence-electron chi connectivity index (χ1n) is 6.13. The van der Waals surface area contributed by atoms with Crippen LogP contribution in [0.1, 0.15) is 40.7 Å². The molecule has 0 aliphatic rings. The molecule has 21 heavy (non-hydrogen) atoms. The van der Waals surface area contributed by atoms with Gasteiger partial charge < -0.3 is 11.1 Å². The maximum atomic E-state index is 12.4. The average Bonchev–Trinajstić information content (AvgIpc) is 2.90. The molecule has 0 saturated heterocycles. The average molecular weight is 385 g/mol. The molecule has 3 N–H and O–H groups in total. The number of amides is 1. The van der Waals surface area contributed by atoms with Gasteiger partial charge in [0.1, 0.15) is 9.87 Å². The predicted octanol–water partition coefficient (Wildman–Crippen LogP) is 3.31. The van der Waals surface area contributed by atoms with Crippen LogP contribution in [0.2, 0.25) is 0 Å². The Hall–Kier alpha value is -1.38. The van der Waals surface area contributed by atoms with Crippen molar-refractivity contribution >= 4 is 56.3 Å². The molecular formula is C13H13BrN4OS2. The highest BCUT2D eigenvalue weighted by molar-refractivity contribution is 9.10. The van der Waals surface area contributed by atoms with Gasteiger partial charge in [0.05, 0.1) is 11.4 Å². The minimum Gasteiger partial charge on any atom is -0.389 e. The Balaban J connectivity index is 2.32. The number of nitrogens with two attached hydrogens (primary N) is 1. The van der Waals surface area contributed by atoms with E-state index in [1.54, 1.807) is 12.1 Å². The molecule has 0 unspecified atom stereocenters. The number of carbonyl (C=O) groups excluding carboxylic acids is 1. The standard InChI is InChI=1S/C13H13BrN4OS2/c1-6(2)10-11(21-18-17-10)13(19)16-9-4-3-7(14)5-8(9)12(15)20/h3-6H,1-2H3,(H2,15,20)(H,16,19). The predicted molar refractivity (Wildman–Crippen MR) is 92.0 cm³/mol. The number of aromatic nitrogens is 2. The molecule has 1 aromatic heterocycles. The summed E-state index contributed by atoms with van der Waals surface area (Å²) < 4.78 is 4.69. The van der Waals surface area contributed by atoms with E-state index in [0.29, 0.717) is 21.8 Å². The van der Waals surface area contributed by atoms with Gasteiger partial charge in [0.15, 0.2) is 0 Å². The zero-order chi connectivity index (χ0) is 15.6. The number of hydrogen-bond donors (Lipinski definition) is 2. The van der Waals surface area contributed by atoms with Crippen molar-refractivity contribution in [2.75, 3.05) is 5.32 Å². The van der Waals surface area contributed by atoms with Crippen LogP contribution in [0.3, 0.4) is 0 Å². The summed E-state index contributed by atoms with van der Waals surface area (Å²) >= 11 is 9.44. The van der Waals surface area contributed by atoms with Crippen molar-refractivity contribution in [3.63, 3.8) is 0 Å². The molecule has 0 bridgehead atoms. The van der Waals surface area contributed by atoms with Crippen molar-refractivity contribution in [2.45, 2.75) is 19.8 Å². The van der Waals surface area contributed by atoms with Gasteiger partial charge in [-0.2, -0.15) is 0 Å². The van der Waals surface area contributed by atoms with Crippen LogP contribution in [-0.2, 0) is 0 Å². The first kappa shape index (κ1) is 16.0. The lowest BCUT2D eigenvalue weighted by molar-refractivity contribution is 0.102. The van der Waals surface area contributed by atoms with E-state index in [2.05, 4.69) is 30.8 Å². The molecule has 0 radical (unpaired) electrons. The second kappa shape index (κ2) is 6.59. The van der Waals surface area contributed by atoms with E-state index in [0.717, 1.165) is 16.0 Å². The van der Waals surface area contributed by atoms with Gasteiger partial charge in [-0.3, -0.25) is 4.79 Å². The molecule has 0 aliphatic carbocycles. The van der Waals surface area contributed by atoms with Crippen LogP contribution in [0.15, 0.2) is 22.7 Å². The molecular weight excluding hydrogens is 372 g/mol. The van der Waals surface area contributed by atoms with Gasteiger partial charge in [-0.05, 0) is 35.6 Å². The van der Waals surface area contributed by atoms with Crippen LogP contribution in [0.5, 0.6) is 0 Å². The molecule has 5 nitrogen and oxygen atoms in total. The van der Waals surface area contributed by atoms with E-state index in [-0.39, 0.29) is 16.8 Å². The fourth-order valence-electron chi connectivity index (χ4n) is 1.74. The second-order valence-electron chi connectivity index (χ2n) is 4.65. The van der Waals surface area contributed by atoms with Gasteiger partial charge in [0.25, 0.3) is 5.91 Å². The molecule has 2 rings (SSSR count). The summed E-state index contributed by atoms with van der Waals surface area (Å²) in [5.41, 5.74) is 7.56. The fourth-order valence-corrected chi connectivity index (χ4v) is 2.99. The lowest BCUT2D eigenvalue weighted by Crippen LogP contribution is -2.18. The minimum atomic E-state index is -0.256. The third kappa shape index (κ3) is 3.63. The summed E-state index contributed by atoms with van der Waals surface area (Å²) in [5.74, 6) is -0.127. The number of nitrogens with one attached hydrogen (secondary N) is 1. The number of rotatable bonds is 4. The number of anilines is 1. The number of benzene rings is 1. The summed E-state index contributed by atoms with van der Waals surface area (Å²) in [5, 5.41) is 6.82. The van der Waals surface area contributed by atoms with Crippen molar-refractivity contribution in [1.29, 1.82) is 0 Å². The molecule has 0 spiro atoms. The normalized spacial score (nSPS) is 10.7. The molecule has 0 atom stereocenters. The zero-order valence-electron chi connectivity index (χ0n) is 11.4. The van der Waals surface area contributed by atoms with E-state index in [1.165, 1.54) is 0 Å². The van der Waals surface area contributed by atoms with E-state index in [4.69, 9.17) is 18.0 Å². The Labute approximate surface area is 140 Å². The SMILES string of the molecule is CC(C)c1nnsc1C(=O)Nc1ccc(Br)cc1C(N)=S. The third-order valence-corrected chi connectivity index (χ3v) is 4.22. The number of halogens is 1. The van der Waals surface area contributed by atoms with Crippen molar-refractivity contribution in [1.82, 2.24) is 9.59 Å². The highest BCUT2D eigenvalue weighted by atomic mass is 79.9. The molecule has 0 fully saturated rings. The molecule has 2 aromatic rings. The van der Waals surface area contributed by atoms with Crippen molar-refractivity contribution in [3.8, 4) is 0 Å². The highest BCUT2D eigenvalue weighted by Gasteiger charge is 2.20. The topological polar surface area (TPSA) is 80.9 Å². The summed E-state index contributed by atoms with van der Waals surface area (Å²) in [6.07, 6.45) is 0. The Bertz CT molecular complexity index is 699. The monoisotopic (exact) mass is 384 g/mol. The molecule has 110 valence electrons. The molecule has 1 amide bonds. The quantitative estimate of drug-likeness (QED) is 0.790. The third-order valence-electron chi connectivity index (χ3n) is 2.76. The van der Waals surface area contributed by atoms with Gasteiger partial charge >= 0.3 is 0 Å². The van der Waals surface area contributed by atoms with Crippen molar-refractivity contribution < 1.29 is 4.79 Å². The summed E-state index contributed by atoms with van der Waals surface area (Å²) in [6.45, 7) is 3.93. The number of hydrogen-bond acceptors (Lipinski definition) is 5. The molecule has 8 heteroatoms. The lowest BCUT2D eigenvalue weighted by atomic mass is 10.1. The minimum absolute atomic E-state index is 0.129. The van der Waals surface area contributed by atoms with Gasteiger partial charge in [0.2, 0.25) is 0 Å². The Morgan fingerprint density at radius 3 is 2.81 bits per heavy atom. The first-order chi connectivity index (χ1) is 9.90. The van der Waals surface area contributed by atoms with Gasteiger partial charge in [0, 0.05) is 10.0 Å². The number of carbonyl (C=O) groups is 1. The van der Waals surface area contributed by atoms with Crippen LogP contribution < -0.4 is 11.1 Å². The zero-order valence-corrected chi connectivity index (χ0v) is 14.6. The Morgan fingerprint density at radius 2 is 2.19 bits per heavy atom. The summed E-state index contributed by atoms with van der Waals surface area (Å²) in [7, 11) is 0. The van der Waals surface area contributed by atoms with Gasteiger partial charge in [-0.15, -0.1) is 5.10 Å². The van der Waals surface area contributed by atoms with Crippen molar-refractivity contribution in [3.05, 3.63) is 38.8 Å². The van der Waals surface area contributed by atoms with Crippen LogP contribution >= 0.6 is 39.7 Å². The Morgan fingerprint density at radius 1 is 1.48 bits per heavy atom. The molecule has 0 aliphatic heterocycles. The summed E-state index contributed by atoms with van der Waals surface area (Å²) in [4.78, 5) is 13.1. The lowest BCUT2D eigenvalue weighted by Gasteiger charge is -2.11. The smallest absolute Gasteiger partial charge is 0.269 e. The Kier molecular flexibility index (Phi) is 5.02.